The fraction of sp³-hybridized carbons (Fsp3) is 0.316. The maximum atomic E-state index is 13.2. The van der Waals surface area contributed by atoms with Crippen LogP contribution in [0.2, 0.25) is 5.02 Å². The van der Waals surface area contributed by atoms with Gasteiger partial charge in [-0.25, -0.2) is 9.97 Å². The van der Waals surface area contributed by atoms with Crippen LogP contribution in [0.3, 0.4) is 0 Å². The van der Waals surface area contributed by atoms with E-state index in [-0.39, 0.29) is 16.1 Å². The Labute approximate surface area is 183 Å². The number of amides is 1. The molecule has 1 N–H and O–H groups in total. The Morgan fingerprint density at radius 2 is 1.97 bits per heavy atom. The van der Waals surface area contributed by atoms with Crippen molar-refractivity contribution in [3.8, 4) is 0 Å². The highest BCUT2D eigenvalue weighted by molar-refractivity contribution is 6.30. The summed E-state index contributed by atoms with van der Waals surface area (Å²) in [6.45, 7) is 1.73. The van der Waals surface area contributed by atoms with E-state index >= 15 is 0 Å². The third-order valence-corrected chi connectivity index (χ3v) is 4.97. The van der Waals surface area contributed by atoms with Crippen molar-refractivity contribution in [1.29, 1.82) is 0 Å². The molecule has 2 aromatic heterocycles. The summed E-state index contributed by atoms with van der Waals surface area (Å²) in [5.74, 6) is -0.433. The maximum Gasteiger partial charge on any atom is 0.418 e. The molecule has 1 amide bonds. The lowest BCUT2D eigenvalue weighted by molar-refractivity contribution is -0.137. The van der Waals surface area contributed by atoms with Gasteiger partial charge in [0.25, 0.3) is 5.56 Å². The van der Waals surface area contributed by atoms with Gasteiger partial charge in [-0.15, -0.1) is 0 Å². The van der Waals surface area contributed by atoms with Gasteiger partial charge in [-0.05, 0) is 18.2 Å². The third-order valence-electron chi connectivity index (χ3n) is 4.74. The fourth-order valence-corrected chi connectivity index (χ4v) is 3.35. The molecule has 0 spiro atoms. The van der Waals surface area contributed by atoms with Crippen molar-refractivity contribution >= 4 is 40.2 Å². The van der Waals surface area contributed by atoms with Crippen molar-refractivity contribution in [3.63, 3.8) is 0 Å². The number of hydrogen-bond acceptors (Lipinski definition) is 7. The van der Waals surface area contributed by atoms with E-state index in [1.165, 1.54) is 12.3 Å². The average Bonchev–Trinajstić information content (AvgIpc) is 2.76. The summed E-state index contributed by atoms with van der Waals surface area (Å²) in [6, 6.07) is 2.98. The summed E-state index contributed by atoms with van der Waals surface area (Å²) in [4.78, 5) is 39.5. The van der Waals surface area contributed by atoms with E-state index in [1.54, 1.807) is 0 Å². The van der Waals surface area contributed by atoms with Crippen LogP contribution in [0.4, 0.5) is 24.8 Å². The molecule has 13 heteroatoms. The Morgan fingerprint density at radius 1 is 1.22 bits per heavy atom. The van der Waals surface area contributed by atoms with Gasteiger partial charge < -0.3 is 15.0 Å². The number of nitrogens with one attached hydrogen (secondary N) is 1. The van der Waals surface area contributed by atoms with Crippen molar-refractivity contribution in [2.45, 2.75) is 12.7 Å². The van der Waals surface area contributed by atoms with Crippen LogP contribution in [0.25, 0.3) is 11.0 Å². The molecule has 0 bridgehead atoms. The minimum atomic E-state index is -4.72. The fourth-order valence-electron chi connectivity index (χ4n) is 3.18. The number of rotatable bonds is 4. The minimum Gasteiger partial charge on any atom is -0.378 e. The first-order valence-corrected chi connectivity index (χ1v) is 9.81. The number of ether oxygens (including phenoxy) is 1. The van der Waals surface area contributed by atoms with Crippen LogP contribution in [-0.2, 0) is 22.3 Å². The number of hydrogen-bond donors (Lipinski definition) is 1. The lowest BCUT2D eigenvalue weighted by Crippen LogP contribution is -2.37. The first kappa shape index (κ1) is 22.0. The molecule has 3 aromatic rings. The molecule has 0 unspecified atom stereocenters. The molecule has 32 heavy (non-hydrogen) atoms. The van der Waals surface area contributed by atoms with Crippen LogP contribution in [0.1, 0.15) is 5.56 Å². The average molecular weight is 469 g/mol. The predicted octanol–water partition coefficient (Wildman–Crippen LogP) is 2.33. The molecule has 0 aliphatic carbocycles. The molecule has 0 saturated carbocycles. The largest absolute Gasteiger partial charge is 0.418 e. The predicted molar refractivity (Wildman–Crippen MR) is 110 cm³/mol. The first-order chi connectivity index (χ1) is 15.2. The summed E-state index contributed by atoms with van der Waals surface area (Å²) in [5, 5.41) is 2.13. The minimum absolute atomic E-state index is 0.0831. The molecule has 1 fully saturated rings. The van der Waals surface area contributed by atoms with Gasteiger partial charge >= 0.3 is 6.18 Å². The van der Waals surface area contributed by atoms with Gasteiger partial charge in [0, 0.05) is 24.3 Å². The lowest BCUT2D eigenvalue weighted by atomic mass is 10.1. The SMILES string of the molecule is O=C(Cn1cnc2nc(N3CCOCC3)ncc2c1=O)Nc1ccc(Cl)cc1C(F)(F)F. The highest BCUT2D eigenvalue weighted by atomic mass is 35.5. The van der Waals surface area contributed by atoms with E-state index in [9.17, 15) is 22.8 Å². The second kappa shape index (κ2) is 8.71. The molecule has 9 nitrogen and oxygen atoms in total. The molecule has 0 radical (unpaired) electrons. The topological polar surface area (TPSA) is 102 Å². The van der Waals surface area contributed by atoms with Crippen molar-refractivity contribution in [2.24, 2.45) is 0 Å². The number of carbonyl (C=O) groups excluding carboxylic acids is 1. The zero-order chi connectivity index (χ0) is 22.9. The number of anilines is 2. The van der Waals surface area contributed by atoms with Crippen LogP contribution in [0, 0.1) is 0 Å². The monoisotopic (exact) mass is 468 g/mol. The molecule has 3 heterocycles. The van der Waals surface area contributed by atoms with Crippen LogP contribution in [-0.4, -0.2) is 51.7 Å². The summed E-state index contributed by atoms with van der Waals surface area (Å²) in [6.07, 6.45) is -2.28. The van der Waals surface area contributed by atoms with Crippen LogP contribution in [0.15, 0.2) is 35.5 Å². The summed E-state index contributed by atoms with van der Waals surface area (Å²) in [7, 11) is 0. The van der Waals surface area contributed by atoms with E-state index in [0.29, 0.717) is 38.3 Å². The Hall–Kier alpha value is -3.25. The van der Waals surface area contributed by atoms with E-state index in [0.717, 1.165) is 17.0 Å². The Morgan fingerprint density at radius 3 is 2.69 bits per heavy atom. The number of fused-ring (bicyclic) bond motifs is 1. The summed E-state index contributed by atoms with van der Waals surface area (Å²) in [5.41, 5.74) is -2.00. The normalized spacial score (nSPS) is 14.6. The van der Waals surface area contributed by atoms with E-state index in [2.05, 4.69) is 20.3 Å². The van der Waals surface area contributed by atoms with Crippen molar-refractivity contribution in [1.82, 2.24) is 19.5 Å². The third kappa shape index (κ3) is 4.65. The molecule has 1 saturated heterocycles. The van der Waals surface area contributed by atoms with Gasteiger partial charge in [-0.1, -0.05) is 11.6 Å². The molecule has 1 aliphatic rings. The van der Waals surface area contributed by atoms with E-state index in [4.69, 9.17) is 16.3 Å². The molecular weight excluding hydrogens is 453 g/mol. The van der Waals surface area contributed by atoms with Crippen LogP contribution < -0.4 is 15.8 Å². The molecule has 168 valence electrons. The van der Waals surface area contributed by atoms with Crippen LogP contribution in [0.5, 0.6) is 0 Å². The highest BCUT2D eigenvalue weighted by Crippen LogP contribution is 2.36. The first-order valence-electron chi connectivity index (χ1n) is 9.44. The molecular formula is C19H16ClF3N6O3. The standard InChI is InChI=1S/C19H16ClF3N6O3/c20-11-1-2-14(13(7-11)19(21,22)23)26-15(30)9-29-10-25-16-12(17(29)31)8-24-18(27-16)28-3-5-32-6-4-28/h1-2,7-8,10H,3-6,9H2,(H,26,30). The maximum absolute atomic E-state index is 13.2. The zero-order valence-electron chi connectivity index (χ0n) is 16.4. The lowest BCUT2D eigenvalue weighted by Gasteiger charge is -2.26. The van der Waals surface area contributed by atoms with Crippen molar-refractivity contribution in [3.05, 3.63) is 51.7 Å². The van der Waals surface area contributed by atoms with E-state index < -0.39 is 35.4 Å². The number of alkyl halides is 3. The second-order valence-corrected chi connectivity index (χ2v) is 7.36. The summed E-state index contributed by atoms with van der Waals surface area (Å²) >= 11 is 5.64. The van der Waals surface area contributed by atoms with Gasteiger partial charge in [0.15, 0.2) is 5.65 Å². The number of aromatic nitrogens is 4. The Bertz CT molecular complexity index is 1230. The number of halogens is 4. The van der Waals surface area contributed by atoms with Crippen molar-refractivity contribution < 1.29 is 22.7 Å². The number of nitrogens with zero attached hydrogens (tertiary/aromatic N) is 5. The Kier molecular flexibility index (Phi) is 5.98. The number of benzene rings is 1. The summed E-state index contributed by atoms with van der Waals surface area (Å²) < 4.78 is 45.9. The van der Waals surface area contributed by atoms with Gasteiger partial charge in [-0.3, -0.25) is 14.2 Å². The quantitative estimate of drug-likeness (QED) is 0.627. The van der Waals surface area contributed by atoms with Gasteiger partial charge in [0.05, 0.1) is 24.5 Å². The zero-order valence-corrected chi connectivity index (χ0v) is 17.2. The van der Waals surface area contributed by atoms with E-state index in [1.807, 2.05) is 4.90 Å². The second-order valence-electron chi connectivity index (χ2n) is 6.92. The highest BCUT2D eigenvalue weighted by Gasteiger charge is 2.34. The molecule has 1 aromatic carbocycles. The number of carbonyl (C=O) groups is 1. The Balaban J connectivity index is 1.55. The van der Waals surface area contributed by atoms with Gasteiger partial charge in [0.2, 0.25) is 11.9 Å². The molecule has 0 atom stereocenters. The molecule has 1 aliphatic heterocycles. The molecule has 4 rings (SSSR count). The van der Waals surface area contributed by atoms with Crippen LogP contribution >= 0.6 is 11.6 Å². The number of morpholine rings is 1. The smallest absolute Gasteiger partial charge is 0.378 e. The van der Waals surface area contributed by atoms with Gasteiger partial charge in [-0.2, -0.15) is 18.2 Å². The van der Waals surface area contributed by atoms with Crippen molar-refractivity contribution in [2.75, 3.05) is 36.5 Å². The van der Waals surface area contributed by atoms with Gasteiger partial charge in [0.1, 0.15) is 18.3 Å².